The lowest BCUT2D eigenvalue weighted by atomic mass is 10.2. The number of ether oxygens (including phenoxy) is 1. The Morgan fingerprint density at radius 2 is 2.24 bits per heavy atom. The van der Waals surface area contributed by atoms with E-state index in [0.29, 0.717) is 10.7 Å². The van der Waals surface area contributed by atoms with Crippen molar-refractivity contribution in [3.05, 3.63) is 42.0 Å². The molecule has 0 unspecified atom stereocenters. The molecule has 1 N–H and O–H groups in total. The molecule has 2 aromatic rings. The molecular formula is C15H15N3O2S. The maximum absolute atomic E-state index is 11.8. The molecule has 2 heterocycles. The molecule has 0 radical (unpaired) electrons. The first-order chi connectivity index (χ1) is 9.89. The van der Waals surface area contributed by atoms with E-state index in [-0.39, 0.29) is 0 Å². The van der Waals surface area contributed by atoms with Gasteiger partial charge in [0, 0.05) is 22.8 Å². The van der Waals surface area contributed by atoms with Gasteiger partial charge in [0.2, 0.25) is 5.69 Å². The number of aromatic nitrogens is 1. The summed E-state index contributed by atoms with van der Waals surface area (Å²) in [6, 6.07) is 5.47. The van der Waals surface area contributed by atoms with Crippen LogP contribution < -0.4 is 5.32 Å². The zero-order chi connectivity index (χ0) is 15.5. The van der Waals surface area contributed by atoms with Gasteiger partial charge in [0.05, 0.1) is 6.57 Å². The van der Waals surface area contributed by atoms with Gasteiger partial charge in [-0.3, -0.25) is 10.3 Å². The number of pyridine rings is 1. The molecule has 0 aliphatic rings. The standard InChI is InChI=1S/C15H15N3O2S/c1-15(2,3)20-14(19)18-13-11(16-4)8-12(21-13)10-6-5-7-17-9-10/h5-9H,1-3H3,(H,18,19). The number of amides is 1. The van der Waals surface area contributed by atoms with E-state index < -0.39 is 11.7 Å². The Hall–Kier alpha value is -2.39. The third-order valence-electron chi connectivity index (χ3n) is 2.39. The second-order valence-corrected chi connectivity index (χ2v) is 6.36. The molecule has 0 saturated carbocycles. The smallest absolute Gasteiger partial charge is 0.411 e. The van der Waals surface area contributed by atoms with Crippen molar-refractivity contribution in [2.45, 2.75) is 26.4 Å². The first kappa shape index (κ1) is 15.0. The highest BCUT2D eigenvalue weighted by Crippen LogP contribution is 2.40. The van der Waals surface area contributed by atoms with E-state index in [0.717, 1.165) is 10.4 Å². The largest absolute Gasteiger partial charge is 0.444 e. The molecule has 0 spiro atoms. The second kappa shape index (κ2) is 5.94. The van der Waals surface area contributed by atoms with Crippen molar-refractivity contribution in [3.8, 4) is 10.4 Å². The minimum atomic E-state index is -0.578. The molecule has 0 aliphatic carbocycles. The van der Waals surface area contributed by atoms with Gasteiger partial charge < -0.3 is 4.74 Å². The van der Waals surface area contributed by atoms with Crippen LogP contribution in [-0.4, -0.2) is 16.7 Å². The van der Waals surface area contributed by atoms with Crippen LogP contribution in [0, 0.1) is 6.57 Å². The van der Waals surface area contributed by atoms with E-state index in [4.69, 9.17) is 11.3 Å². The van der Waals surface area contributed by atoms with Crippen molar-refractivity contribution in [2.24, 2.45) is 0 Å². The number of nitrogens with one attached hydrogen (secondary N) is 1. The molecule has 0 atom stereocenters. The molecule has 108 valence electrons. The van der Waals surface area contributed by atoms with Gasteiger partial charge in [-0.2, -0.15) is 0 Å². The van der Waals surface area contributed by atoms with Crippen molar-refractivity contribution in [1.82, 2.24) is 4.98 Å². The lowest BCUT2D eigenvalue weighted by molar-refractivity contribution is 0.0636. The van der Waals surface area contributed by atoms with Gasteiger partial charge in [0.1, 0.15) is 10.6 Å². The summed E-state index contributed by atoms with van der Waals surface area (Å²) >= 11 is 1.33. The average Bonchev–Trinajstić information content (AvgIpc) is 2.80. The van der Waals surface area contributed by atoms with Crippen LogP contribution in [0.5, 0.6) is 0 Å². The molecule has 6 heteroatoms. The highest BCUT2D eigenvalue weighted by atomic mass is 32.1. The number of hydrogen-bond acceptors (Lipinski definition) is 4. The Morgan fingerprint density at radius 3 is 2.81 bits per heavy atom. The Balaban J connectivity index is 2.23. The zero-order valence-electron chi connectivity index (χ0n) is 12.0. The van der Waals surface area contributed by atoms with Gasteiger partial charge in [0.15, 0.2) is 0 Å². The van der Waals surface area contributed by atoms with Crippen LogP contribution in [0.1, 0.15) is 20.8 Å². The average molecular weight is 301 g/mol. The van der Waals surface area contributed by atoms with Crippen LogP contribution in [0.2, 0.25) is 0 Å². The predicted molar refractivity (Wildman–Crippen MR) is 83.7 cm³/mol. The summed E-state index contributed by atoms with van der Waals surface area (Å²) in [5.41, 5.74) is 0.723. The third kappa shape index (κ3) is 4.04. The van der Waals surface area contributed by atoms with Crippen LogP contribution in [0.15, 0.2) is 30.6 Å². The summed E-state index contributed by atoms with van der Waals surface area (Å²) in [7, 11) is 0. The number of anilines is 1. The number of carbonyl (C=O) groups is 1. The number of thiophene rings is 1. The van der Waals surface area contributed by atoms with E-state index in [2.05, 4.69) is 15.1 Å². The maximum Gasteiger partial charge on any atom is 0.411 e. The van der Waals surface area contributed by atoms with E-state index in [1.165, 1.54) is 11.3 Å². The van der Waals surface area contributed by atoms with Crippen LogP contribution in [0.25, 0.3) is 15.3 Å². The van der Waals surface area contributed by atoms with Gasteiger partial charge in [-0.05, 0) is 32.9 Å². The second-order valence-electron chi connectivity index (χ2n) is 5.31. The normalized spacial score (nSPS) is 10.8. The van der Waals surface area contributed by atoms with E-state index >= 15 is 0 Å². The maximum atomic E-state index is 11.8. The predicted octanol–water partition coefficient (Wildman–Crippen LogP) is 4.71. The van der Waals surface area contributed by atoms with Crippen LogP contribution in [0.3, 0.4) is 0 Å². The quantitative estimate of drug-likeness (QED) is 0.817. The highest BCUT2D eigenvalue weighted by molar-refractivity contribution is 7.20. The monoisotopic (exact) mass is 301 g/mol. The molecule has 0 aromatic carbocycles. The summed E-state index contributed by atoms with van der Waals surface area (Å²) in [4.78, 5) is 20.2. The highest BCUT2D eigenvalue weighted by Gasteiger charge is 2.19. The van der Waals surface area contributed by atoms with Gasteiger partial charge in [-0.15, -0.1) is 11.3 Å². The minimum Gasteiger partial charge on any atom is -0.444 e. The van der Waals surface area contributed by atoms with Crippen molar-refractivity contribution in [2.75, 3.05) is 5.32 Å². The zero-order valence-corrected chi connectivity index (χ0v) is 12.8. The minimum absolute atomic E-state index is 0.393. The first-order valence-electron chi connectivity index (χ1n) is 6.31. The van der Waals surface area contributed by atoms with Crippen molar-refractivity contribution >= 4 is 28.1 Å². The van der Waals surface area contributed by atoms with Crippen molar-refractivity contribution in [3.63, 3.8) is 0 Å². The van der Waals surface area contributed by atoms with Crippen LogP contribution in [-0.2, 0) is 4.74 Å². The summed E-state index contributed by atoms with van der Waals surface area (Å²) < 4.78 is 5.20. The molecular weight excluding hydrogens is 286 g/mol. The van der Waals surface area contributed by atoms with Crippen molar-refractivity contribution in [1.29, 1.82) is 0 Å². The van der Waals surface area contributed by atoms with Gasteiger partial charge in [0.25, 0.3) is 0 Å². The Labute approximate surface area is 127 Å². The van der Waals surface area contributed by atoms with Crippen LogP contribution in [0.4, 0.5) is 15.5 Å². The Kier molecular flexibility index (Phi) is 4.24. The molecule has 0 saturated heterocycles. The van der Waals surface area contributed by atoms with E-state index in [9.17, 15) is 4.79 Å². The summed E-state index contributed by atoms with van der Waals surface area (Å²) in [5.74, 6) is 0. The fraction of sp³-hybridized carbons (Fsp3) is 0.267. The third-order valence-corrected chi connectivity index (χ3v) is 3.48. The SMILES string of the molecule is [C-]#[N+]c1cc(-c2cccnc2)sc1NC(=O)OC(C)(C)C. The molecule has 0 aliphatic heterocycles. The molecule has 1 amide bonds. The van der Waals surface area contributed by atoms with Crippen molar-refractivity contribution < 1.29 is 9.53 Å². The van der Waals surface area contributed by atoms with Crippen LogP contribution >= 0.6 is 11.3 Å². The molecule has 0 bridgehead atoms. The number of nitrogens with zero attached hydrogens (tertiary/aromatic N) is 2. The number of hydrogen-bond donors (Lipinski definition) is 1. The van der Waals surface area contributed by atoms with Gasteiger partial charge in [-0.1, -0.05) is 6.07 Å². The fourth-order valence-electron chi connectivity index (χ4n) is 1.60. The number of carbonyl (C=O) groups excluding carboxylic acids is 1. The molecule has 5 nitrogen and oxygen atoms in total. The van der Waals surface area contributed by atoms with E-state index in [1.807, 2.05) is 12.1 Å². The summed E-state index contributed by atoms with van der Waals surface area (Å²) in [6.07, 6.45) is 2.84. The van der Waals surface area contributed by atoms with Gasteiger partial charge in [-0.25, -0.2) is 9.64 Å². The summed E-state index contributed by atoms with van der Waals surface area (Å²) in [5, 5.41) is 3.12. The fourth-order valence-corrected chi connectivity index (χ4v) is 2.57. The van der Waals surface area contributed by atoms with E-state index in [1.54, 1.807) is 39.2 Å². The topological polar surface area (TPSA) is 55.6 Å². The molecule has 0 fully saturated rings. The molecule has 21 heavy (non-hydrogen) atoms. The Bertz CT molecular complexity index is 681. The van der Waals surface area contributed by atoms with Gasteiger partial charge >= 0.3 is 6.09 Å². The first-order valence-corrected chi connectivity index (χ1v) is 7.12. The Morgan fingerprint density at radius 1 is 1.48 bits per heavy atom. The lowest BCUT2D eigenvalue weighted by Gasteiger charge is -2.19. The molecule has 2 rings (SSSR count). The summed E-state index contributed by atoms with van der Waals surface area (Å²) in [6.45, 7) is 12.6. The lowest BCUT2D eigenvalue weighted by Crippen LogP contribution is -2.26. The molecule has 2 aromatic heterocycles. The number of rotatable bonds is 2.